The molecule has 1 fully saturated rings. The van der Waals surface area contributed by atoms with Crippen LogP contribution in [0.4, 0.5) is 0 Å². The first kappa shape index (κ1) is 8.79. The summed E-state index contributed by atoms with van der Waals surface area (Å²) in [6.07, 6.45) is 4.79. The Morgan fingerprint density at radius 1 is 1.54 bits per heavy atom. The van der Waals surface area contributed by atoms with E-state index in [1.165, 1.54) is 24.1 Å². The van der Waals surface area contributed by atoms with Crippen LogP contribution in [0.15, 0.2) is 6.20 Å². The van der Waals surface area contributed by atoms with Gasteiger partial charge in [-0.1, -0.05) is 13.8 Å². The molecule has 0 bridgehead atoms. The molecule has 0 N–H and O–H groups in total. The molecule has 1 saturated carbocycles. The summed E-state index contributed by atoms with van der Waals surface area (Å²) in [4.78, 5) is 0. The summed E-state index contributed by atoms with van der Waals surface area (Å²) in [6, 6.07) is 0. The molecule has 2 rings (SSSR count). The van der Waals surface area contributed by atoms with E-state index in [2.05, 4.69) is 36.7 Å². The van der Waals surface area contributed by atoms with E-state index in [4.69, 9.17) is 0 Å². The fraction of sp³-hybridized carbons (Fsp3) is 0.727. The molecule has 1 aromatic rings. The van der Waals surface area contributed by atoms with Gasteiger partial charge in [-0.3, -0.25) is 4.68 Å². The van der Waals surface area contributed by atoms with Gasteiger partial charge in [0, 0.05) is 18.2 Å². The Morgan fingerprint density at radius 3 is 2.69 bits per heavy atom. The molecule has 0 unspecified atom stereocenters. The van der Waals surface area contributed by atoms with Gasteiger partial charge in [0.05, 0.1) is 6.20 Å². The van der Waals surface area contributed by atoms with Crippen molar-refractivity contribution < 1.29 is 0 Å². The van der Waals surface area contributed by atoms with Crippen molar-refractivity contribution >= 4 is 0 Å². The third-order valence-electron chi connectivity index (χ3n) is 2.80. The van der Waals surface area contributed by atoms with Gasteiger partial charge in [-0.25, -0.2) is 0 Å². The molecule has 0 amide bonds. The van der Waals surface area contributed by atoms with Crippen LogP contribution < -0.4 is 0 Å². The number of nitrogens with zero attached hydrogens (tertiary/aromatic N) is 2. The lowest BCUT2D eigenvalue weighted by atomic mass is 10.0. The Bertz CT molecular complexity index is 295. The van der Waals surface area contributed by atoms with Crippen molar-refractivity contribution in [2.24, 2.45) is 0 Å². The highest BCUT2D eigenvalue weighted by atomic mass is 15.3. The number of hydrogen-bond donors (Lipinski definition) is 0. The van der Waals surface area contributed by atoms with Gasteiger partial charge in [0.15, 0.2) is 0 Å². The minimum atomic E-state index is 0.621. The Kier molecular flexibility index (Phi) is 2.14. The zero-order valence-corrected chi connectivity index (χ0v) is 8.75. The number of rotatable bonds is 3. The first-order chi connectivity index (χ1) is 6.24. The monoisotopic (exact) mass is 178 g/mol. The third kappa shape index (κ3) is 1.50. The SMILES string of the molecule is CCn1ncc(C(C)C)c1C1CC1. The van der Waals surface area contributed by atoms with Crippen LogP contribution in [0.2, 0.25) is 0 Å². The van der Waals surface area contributed by atoms with Gasteiger partial charge in [0.25, 0.3) is 0 Å². The summed E-state index contributed by atoms with van der Waals surface area (Å²) in [7, 11) is 0. The van der Waals surface area contributed by atoms with E-state index >= 15 is 0 Å². The highest BCUT2D eigenvalue weighted by molar-refractivity contribution is 5.28. The van der Waals surface area contributed by atoms with Gasteiger partial charge in [-0.15, -0.1) is 0 Å². The average molecular weight is 178 g/mol. The lowest BCUT2D eigenvalue weighted by Gasteiger charge is -2.08. The summed E-state index contributed by atoms with van der Waals surface area (Å²) in [5.41, 5.74) is 2.97. The molecule has 0 saturated heterocycles. The van der Waals surface area contributed by atoms with Crippen LogP contribution in [0.25, 0.3) is 0 Å². The van der Waals surface area contributed by atoms with Crippen molar-refractivity contribution in [1.82, 2.24) is 9.78 Å². The van der Waals surface area contributed by atoms with E-state index in [0.717, 1.165) is 12.5 Å². The Morgan fingerprint density at radius 2 is 2.23 bits per heavy atom. The standard InChI is InChI=1S/C11H18N2/c1-4-13-11(9-5-6-9)10(7-12-13)8(2)3/h7-9H,4-6H2,1-3H3. The largest absolute Gasteiger partial charge is 0.269 e. The molecule has 1 aliphatic rings. The van der Waals surface area contributed by atoms with Gasteiger partial charge < -0.3 is 0 Å². The molecule has 72 valence electrons. The molecular formula is C11H18N2. The first-order valence-electron chi connectivity index (χ1n) is 5.29. The Labute approximate surface area is 80.0 Å². The smallest absolute Gasteiger partial charge is 0.0527 e. The molecule has 0 spiro atoms. The maximum atomic E-state index is 4.43. The van der Waals surface area contributed by atoms with Gasteiger partial charge in [-0.2, -0.15) is 5.10 Å². The molecule has 0 aliphatic heterocycles. The number of aryl methyl sites for hydroxylation is 1. The summed E-state index contributed by atoms with van der Waals surface area (Å²) in [5, 5.41) is 4.43. The quantitative estimate of drug-likeness (QED) is 0.696. The van der Waals surface area contributed by atoms with Crippen molar-refractivity contribution in [3.63, 3.8) is 0 Å². The minimum Gasteiger partial charge on any atom is -0.269 e. The van der Waals surface area contributed by atoms with E-state index in [1.54, 1.807) is 0 Å². The molecule has 0 aromatic carbocycles. The van der Waals surface area contributed by atoms with Crippen LogP contribution in [0, 0.1) is 0 Å². The first-order valence-corrected chi connectivity index (χ1v) is 5.29. The van der Waals surface area contributed by atoms with Crippen LogP contribution in [-0.2, 0) is 6.54 Å². The van der Waals surface area contributed by atoms with E-state index in [1.807, 2.05) is 0 Å². The highest BCUT2D eigenvalue weighted by Gasteiger charge is 2.30. The molecule has 1 aliphatic carbocycles. The maximum Gasteiger partial charge on any atom is 0.0527 e. The fourth-order valence-electron chi connectivity index (χ4n) is 1.91. The van der Waals surface area contributed by atoms with Gasteiger partial charge >= 0.3 is 0 Å². The molecule has 0 radical (unpaired) electrons. The van der Waals surface area contributed by atoms with Crippen molar-refractivity contribution in [2.75, 3.05) is 0 Å². The van der Waals surface area contributed by atoms with Crippen molar-refractivity contribution in [3.05, 3.63) is 17.5 Å². The Balaban J connectivity index is 2.38. The van der Waals surface area contributed by atoms with Crippen LogP contribution in [0.5, 0.6) is 0 Å². The normalized spacial score (nSPS) is 16.9. The van der Waals surface area contributed by atoms with E-state index in [0.29, 0.717) is 5.92 Å². The van der Waals surface area contributed by atoms with Crippen LogP contribution in [0.1, 0.15) is 56.7 Å². The minimum absolute atomic E-state index is 0.621. The average Bonchev–Trinajstić information content (AvgIpc) is 2.84. The lowest BCUT2D eigenvalue weighted by molar-refractivity contribution is 0.619. The highest BCUT2D eigenvalue weighted by Crippen LogP contribution is 2.43. The predicted octanol–water partition coefficient (Wildman–Crippen LogP) is 2.90. The van der Waals surface area contributed by atoms with Crippen molar-refractivity contribution in [1.29, 1.82) is 0 Å². The van der Waals surface area contributed by atoms with Crippen LogP contribution in [-0.4, -0.2) is 9.78 Å². The lowest BCUT2D eigenvalue weighted by Crippen LogP contribution is -2.03. The van der Waals surface area contributed by atoms with Crippen molar-refractivity contribution in [2.45, 2.75) is 52.0 Å². The predicted molar refractivity (Wildman–Crippen MR) is 54.0 cm³/mol. The topological polar surface area (TPSA) is 17.8 Å². The summed E-state index contributed by atoms with van der Waals surface area (Å²) >= 11 is 0. The third-order valence-corrected chi connectivity index (χ3v) is 2.80. The second kappa shape index (κ2) is 3.17. The molecule has 1 aromatic heterocycles. The molecular weight excluding hydrogens is 160 g/mol. The van der Waals surface area contributed by atoms with E-state index in [-0.39, 0.29) is 0 Å². The summed E-state index contributed by atoms with van der Waals surface area (Å²) in [6.45, 7) is 7.69. The maximum absolute atomic E-state index is 4.43. The second-order valence-electron chi connectivity index (χ2n) is 4.23. The van der Waals surface area contributed by atoms with Crippen molar-refractivity contribution in [3.8, 4) is 0 Å². The van der Waals surface area contributed by atoms with E-state index in [9.17, 15) is 0 Å². The molecule has 2 heteroatoms. The molecule has 13 heavy (non-hydrogen) atoms. The number of hydrogen-bond acceptors (Lipinski definition) is 1. The van der Waals surface area contributed by atoms with Gasteiger partial charge in [-0.05, 0) is 31.2 Å². The van der Waals surface area contributed by atoms with Crippen LogP contribution in [0.3, 0.4) is 0 Å². The number of aromatic nitrogens is 2. The van der Waals surface area contributed by atoms with E-state index < -0.39 is 0 Å². The molecule has 2 nitrogen and oxygen atoms in total. The second-order valence-corrected chi connectivity index (χ2v) is 4.23. The Hall–Kier alpha value is -0.790. The van der Waals surface area contributed by atoms with Crippen LogP contribution >= 0.6 is 0 Å². The van der Waals surface area contributed by atoms with Gasteiger partial charge in [0.2, 0.25) is 0 Å². The van der Waals surface area contributed by atoms with Gasteiger partial charge in [0.1, 0.15) is 0 Å². The molecule has 0 atom stereocenters. The zero-order chi connectivity index (χ0) is 9.42. The summed E-state index contributed by atoms with van der Waals surface area (Å²) < 4.78 is 2.17. The summed E-state index contributed by atoms with van der Waals surface area (Å²) in [5.74, 6) is 1.44. The molecule has 1 heterocycles. The fourth-order valence-corrected chi connectivity index (χ4v) is 1.91. The zero-order valence-electron chi connectivity index (χ0n) is 8.75.